The van der Waals surface area contributed by atoms with Crippen molar-refractivity contribution < 1.29 is 27.9 Å². The number of carboxylic acid groups (broad SMARTS) is 1. The molecule has 0 unspecified atom stereocenters. The van der Waals surface area contributed by atoms with Gasteiger partial charge in [-0.2, -0.15) is 13.2 Å². The lowest BCUT2D eigenvalue weighted by Gasteiger charge is -2.14. The van der Waals surface area contributed by atoms with E-state index >= 15 is 0 Å². The number of halogens is 3. The van der Waals surface area contributed by atoms with Gasteiger partial charge in [0, 0.05) is 19.3 Å². The van der Waals surface area contributed by atoms with Gasteiger partial charge in [-0.3, -0.25) is 4.79 Å². The first-order chi connectivity index (χ1) is 15.6. The maximum atomic E-state index is 12.4. The van der Waals surface area contributed by atoms with Crippen LogP contribution in [-0.4, -0.2) is 45.8 Å². The molecule has 0 atom stereocenters. The summed E-state index contributed by atoms with van der Waals surface area (Å²) >= 11 is 0. The highest BCUT2D eigenvalue weighted by Gasteiger charge is 2.38. The van der Waals surface area contributed by atoms with E-state index in [2.05, 4.69) is 33.8 Å². The fraction of sp³-hybridized carbons (Fsp3) is 0.261. The summed E-state index contributed by atoms with van der Waals surface area (Å²) in [5.74, 6) is -2.78. The van der Waals surface area contributed by atoms with Crippen LogP contribution in [0.3, 0.4) is 0 Å². The number of benzene rings is 2. The summed E-state index contributed by atoms with van der Waals surface area (Å²) in [6.07, 6.45) is 0.311. The highest BCUT2D eigenvalue weighted by atomic mass is 19.4. The molecule has 174 valence electrons. The van der Waals surface area contributed by atoms with Gasteiger partial charge in [-0.1, -0.05) is 24.3 Å². The second-order valence-corrected chi connectivity index (χ2v) is 7.47. The van der Waals surface area contributed by atoms with E-state index in [0.29, 0.717) is 6.42 Å². The molecule has 0 aliphatic carbocycles. The van der Waals surface area contributed by atoms with Gasteiger partial charge < -0.3 is 20.3 Å². The van der Waals surface area contributed by atoms with Crippen molar-refractivity contribution in [1.29, 1.82) is 0 Å². The molecule has 3 aromatic rings. The van der Waals surface area contributed by atoms with Gasteiger partial charge in [-0.15, -0.1) is 0 Å². The zero-order valence-corrected chi connectivity index (χ0v) is 17.8. The molecule has 4 rings (SSSR count). The Morgan fingerprint density at radius 3 is 2.48 bits per heavy atom. The summed E-state index contributed by atoms with van der Waals surface area (Å²) < 4.78 is 33.7. The van der Waals surface area contributed by atoms with Crippen molar-refractivity contribution in [2.45, 2.75) is 19.0 Å². The van der Waals surface area contributed by atoms with Gasteiger partial charge in [0.2, 0.25) is 5.91 Å². The molecule has 1 amide bonds. The molecule has 1 aromatic heterocycles. The van der Waals surface area contributed by atoms with Crippen LogP contribution in [0.4, 0.5) is 18.9 Å². The number of carboxylic acids is 1. The largest absolute Gasteiger partial charge is 0.490 e. The van der Waals surface area contributed by atoms with Gasteiger partial charge in [0.05, 0.1) is 23.8 Å². The number of hydrogen-bond acceptors (Lipinski definition) is 4. The number of hydrogen-bond donors (Lipinski definition) is 3. The quantitative estimate of drug-likeness (QED) is 0.551. The fourth-order valence-electron chi connectivity index (χ4n) is 3.33. The van der Waals surface area contributed by atoms with Gasteiger partial charge in [-0.25, -0.2) is 9.78 Å². The summed E-state index contributed by atoms with van der Waals surface area (Å²) in [6.45, 7) is 1.94. The van der Waals surface area contributed by atoms with E-state index in [1.807, 2.05) is 41.9 Å². The summed E-state index contributed by atoms with van der Waals surface area (Å²) in [6, 6.07) is 14.1. The van der Waals surface area contributed by atoms with Crippen molar-refractivity contribution in [3.05, 3.63) is 66.0 Å². The second kappa shape index (κ2) is 10.3. The highest BCUT2D eigenvalue weighted by Crippen LogP contribution is 2.22. The number of anilines is 1. The van der Waals surface area contributed by atoms with Crippen molar-refractivity contribution in [3.8, 4) is 0 Å². The predicted octanol–water partition coefficient (Wildman–Crippen LogP) is 3.76. The number of aromatic nitrogens is 2. The first-order valence-corrected chi connectivity index (χ1v) is 10.1. The van der Waals surface area contributed by atoms with Crippen molar-refractivity contribution in [1.82, 2.24) is 14.9 Å². The fourth-order valence-corrected chi connectivity index (χ4v) is 3.33. The molecule has 0 bridgehead atoms. The Morgan fingerprint density at radius 2 is 1.88 bits per heavy atom. The average molecular weight is 460 g/mol. The smallest absolute Gasteiger partial charge is 0.475 e. The molecule has 0 saturated carbocycles. The topological polar surface area (TPSA) is 96.3 Å². The van der Waals surface area contributed by atoms with Crippen LogP contribution in [0.5, 0.6) is 0 Å². The number of aliphatic carboxylic acids is 1. The third-order valence-electron chi connectivity index (χ3n) is 5.00. The number of imidazole rings is 1. The minimum atomic E-state index is -5.08. The predicted molar refractivity (Wildman–Crippen MR) is 119 cm³/mol. The van der Waals surface area contributed by atoms with E-state index in [1.165, 1.54) is 11.1 Å². The van der Waals surface area contributed by atoms with Gasteiger partial charge in [0.1, 0.15) is 0 Å². The van der Waals surface area contributed by atoms with Crippen LogP contribution in [0.15, 0.2) is 54.9 Å². The first kappa shape index (κ1) is 24.0. The van der Waals surface area contributed by atoms with Crippen molar-refractivity contribution in [2.75, 3.05) is 18.4 Å². The molecule has 0 fully saturated rings. The number of fused-ring (bicyclic) bond motifs is 1. The molecule has 2 aromatic carbocycles. The highest BCUT2D eigenvalue weighted by molar-refractivity contribution is 5.93. The average Bonchev–Trinajstić information content (AvgIpc) is 3.14. The lowest BCUT2D eigenvalue weighted by molar-refractivity contribution is -0.192. The zero-order valence-electron chi connectivity index (χ0n) is 17.8. The molecule has 1 aliphatic rings. The van der Waals surface area contributed by atoms with Gasteiger partial charge in [0.15, 0.2) is 0 Å². The number of nitrogens with one attached hydrogen (secondary N) is 2. The molecule has 1 aliphatic heterocycles. The molecule has 0 radical (unpaired) electrons. The van der Waals surface area contributed by atoms with Crippen LogP contribution >= 0.6 is 0 Å². The number of carbonyl (C=O) groups is 2. The van der Waals surface area contributed by atoms with Crippen LogP contribution in [0.25, 0.3) is 16.6 Å². The zero-order chi connectivity index (χ0) is 24.0. The molecule has 2 heterocycles. The number of carbonyl (C=O) groups excluding carboxylic acids is 1. The number of rotatable bonds is 4. The number of aryl methyl sites for hydroxylation is 1. The first-order valence-electron chi connectivity index (χ1n) is 10.1. The van der Waals surface area contributed by atoms with E-state index in [1.54, 1.807) is 6.33 Å². The third-order valence-corrected chi connectivity index (χ3v) is 5.00. The lowest BCUT2D eigenvalue weighted by Crippen LogP contribution is -2.21. The second-order valence-electron chi connectivity index (χ2n) is 7.47. The maximum Gasteiger partial charge on any atom is 0.490 e. The van der Waals surface area contributed by atoms with E-state index in [0.717, 1.165) is 41.8 Å². The molecule has 7 nitrogen and oxygen atoms in total. The number of nitrogens with zero attached hydrogens (tertiary/aromatic N) is 2. The molecular formula is C23H23F3N4O3. The lowest BCUT2D eigenvalue weighted by atomic mass is 10.00. The summed E-state index contributed by atoms with van der Waals surface area (Å²) in [5.41, 5.74) is 6.36. The number of alkyl halides is 3. The molecule has 0 spiro atoms. The van der Waals surface area contributed by atoms with Crippen LogP contribution in [0, 0.1) is 0 Å². The Morgan fingerprint density at radius 1 is 1.18 bits per heavy atom. The van der Waals surface area contributed by atoms with Crippen molar-refractivity contribution in [3.63, 3.8) is 0 Å². The minimum absolute atomic E-state index is 0.0193. The summed E-state index contributed by atoms with van der Waals surface area (Å²) in [5, 5.41) is 13.4. The Hall–Kier alpha value is -3.66. The normalized spacial score (nSPS) is 13.6. The summed E-state index contributed by atoms with van der Waals surface area (Å²) in [4.78, 5) is 25.6. The molecule has 10 heteroatoms. The van der Waals surface area contributed by atoms with Gasteiger partial charge in [0.25, 0.3) is 0 Å². The van der Waals surface area contributed by atoms with E-state index < -0.39 is 12.1 Å². The van der Waals surface area contributed by atoms with Crippen LogP contribution < -0.4 is 10.6 Å². The maximum absolute atomic E-state index is 12.4. The molecule has 3 N–H and O–H groups in total. The summed E-state index contributed by atoms with van der Waals surface area (Å²) in [7, 11) is 1.96. The molecule has 0 saturated heterocycles. The van der Waals surface area contributed by atoms with E-state index in [-0.39, 0.29) is 5.91 Å². The van der Waals surface area contributed by atoms with Crippen LogP contribution in [0.2, 0.25) is 0 Å². The third kappa shape index (κ3) is 6.66. The van der Waals surface area contributed by atoms with Crippen LogP contribution in [-0.2, 0) is 23.1 Å². The standard InChI is InChI=1S/C21H22N4O.C2HF3O2/c1-25-14-23-19-12-15(2-7-20(19)25)13-21(26)24-18-5-3-16(4-6-18)17-8-10-22-11-9-17;3-2(4,5)1(6)7/h2-8,12,14,22H,9-11,13H2,1H3,(H,24,26);(H,6,7). The van der Waals surface area contributed by atoms with E-state index in [9.17, 15) is 18.0 Å². The Kier molecular flexibility index (Phi) is 7.49. The Balaban J connectivity index is 0.000000383. The number of amides is 1. The van der Waals surface area contributed by atoms with Crippen molar-refractivity contribution >= 4 is 34.2 Å². The van der Waals surface area contributed by atoms with Crippen molar-refractivity contribution in [2.24, 2.45) is 7.05 Å². The van der Waals surface area contributed by atoms with E-state index in [4.69, 9.17) is 9.90 Å². The Labute approximate surface area is 187 Å². The monoisotopic (exact) mass is 460 g/mol. The molecular weight excluding hydrogens is 437 g/mol. The van der Waals surface area contributed by atoms with Gasteiger partial charge >= 0.3 is 12.1 Å². The van der Waals surface area contributed by atoms with Gasteiger partial charge in [-0.05, 0) is 53.9 Å². The minimum Gasteiger partial charge on any atom is -0.475 e. The SMILES string of the molecule is Cn1cnc2cc(CC(=O)Nc3ccc(C4=CCNCC4)cc3)ccc21.O=C(O)C(F)(F)F. The molecule has 33 heavy (non-hydrogen) atoms. The Bertz CT molecular complexity index is 1170. The van der Waals surface area contributed by atoms with Crippen LogP contribution in [0.1, 0.15) is 17.5 Å².